The average Bonchev–Trinajstić information content (AvgIpc) is 2.96. The molecule has 1 aromatic rings. The Labute approximate surface area is 115 Å². The third-order valence-electron chi connectivity index (χ3n) is 3.35. The Bertz CT molecular complexity index is 453. The second kappa shape index (κ2) is 4.97. The molecule has 1 saturated carbocycles. The Morgan fingerprint density at radius 3 is 2.21 bits per heavy atom. The first-order valence-corrected chi connectivity index (χ1v) is 6.94. The van der Waals surface area contributed by atoms with E-state index in [9.17, 15) is 4.79 Å². The molecule has 19 heavy (non-hydrogen) atoms. The van der Waals surface area contributed by atoms with Crippen molar-refractivity contribution in [3.8, 4) is 0 Å². The molecule has 0 bridgehead atoms. The van der Waals surface area contributed by atoms with Crippen LogP contribution in [0.1, 0.15) is 44.7 Å². The van der Waals surface area contributed by atoms with Crippen LogP contribution in [0.25, 0.3) is 0 Å². The zero-order valence-electron chi connectivity index (χ0n) is 12.1. The maximum absolute atomic E-state index is 11.8. The standard InChI is InChI=1S/C16H24N2O/c1-15(2,3)18-14(19)10-12-4-6-13(7-5-12)11-16(17)8-9-16/h4-7H,8-11,17H2,1-3H3,(H,18,19). The zero-order valence-corrected chi connectivity index (χ0v) is 12.1. The van der Waals surface area contributed by atoms with E-state index >= 15 is 0 Å². The van der Waals surface area contributed by atoms with Gasteiger partial charge in [-0.3, -0.25) is 4.79 Å². The van der Waals surface area contributed by atoms with Gasteiger partial charge in [-0.05, 0) is 51.2 Å². The molecule has 2 rings (SSSR count). The van der Waals surface area contributed by atoms with Crippen LogP contribution in [-0.2, 0) is 17.6 Å². The minimum atomic E-state index is -0.172. The van der Waals surface area contributed by atoms with Gasteiger partial charge in [-0.2, -0.15) is 0 Å². The molecule has 1 aliphatic rings. The quantitative estimate of drug-likeness (QED) is 0.872. The van der Waals surface area contributed by atoms with E-state index < -0.39 is 0 Å². The summed E-state index contributed by atoms with van der Waals surface area (Å²) in [7, 11) is 0. The first-order valence-electron chi connectivity index (χ1n) is 6.94. The van der Waals surface area contributed by atoms with Crippen LogP contribution in [0.15, 0.2) is 24.3 Å². The second-order valence-electron chi connectivity index (χ2n) is 6.83. The minimum absolute atomic E-state index is 0.0468. The molecule has 0 aliphatic heterocycles. The van der Waals surface area contributed by atoms with E-state index in [4.69, 9.17) is 5.73 Å². The van der Waals surface area contributed by atoms with Crippen LogP contribution in [0.4, 0.5) is 0 Å². The fourth-order valence-corrected chi connectivity index (χ4v) is 2.17. The van der Waals surface area contributed by atoms with E-state index in [-0.39, 0.29) is 17.0 Å². The van der Waals surface area contributed by atoms with Crippen molar-refractivity contribution in [2.45, 2.75) is 57.5 Å². The summed E-state index contributed by atoms with van der Waals surface area (Å²) in [6.45, 7) is 5.97. The van der Waals surface area contributed by atoms with E-state index in [0.717, 1.165) is 24.8 Å². The monoisotopic (exact) mass is 260 g/mol. The molecule has 1 aromatic carbocycles. The largest absolute Gasteiger partial charge is 0.351 e. The number of carbonyl (C=O) groups is 1. The van der Waals surface area contributed by atoms with E-state index in [0.29, 0.717) is 6.42 Å². The average molecular weight is 260 g/mol. The van der Waals surface area contributed by atoms with Crippen molar-refractivity contribution in [1.29, 1.82) is 0 Å². The molecule has 3 heteroatoms. The van der Waals surface area contributed by atoms with Crippen LogP contribution < -0.4 is 11.1 Å². The van der Waals surface area contributed by atoms with Gasteiger partial charge in [-0.25, -0.2) is 0 Å². The molecule has 0 radical (unpaired) electrons. The van der Waals surface area contributed by atoms with Gasteiger partial charge in [0.2, 0.25) is 5.91 Å². The highest BCUT2D eigenvalue weighted by molar-refractivity contribution is 5.79. The van der Waals surface area contributed by atoms with Gasteiger partial charge in [0.1, 0.15) is 0 Å². The zero-order chi connectivity index (χ0) is 14.1. The lowest BCUT2D eigenvalue weighted by atomic mass is 10.0. The van der Waals surface area contributed by atoms with Crippen molar-refractivity contribution < 1.29 is 4.79 Å². The molecule has 0 atom stereocenters. The summed E-state index contributed by atoms with van der Waals surface area (Å²) in [5, 5.41) is 2.97. The maximum atomic E-state index is 11.8. The molecule has 0 aromatic heterocycles. The highest BCUT2D eigenvalue weighted by Crippen LogP contribution is 2.35. The van der Waals surface area contributed by atoms with E-state index in [1.807, 2.05) is 32.9 Å². The topological polar surface area (TPSA) is 55.1 Å². The SMILES string of the molecule is CC(C)(C)NC(=O)Cc1ccc(CC2(N)CC2)cc1. The third kappa shape index (κ3) is 4.67. The normalized spacial score (nSPS) is 17.1. The lowest BCUT2D eigenvalue weighted by Crippen LogP contribution is -2.41. The molecular weight excluding hydrogens is 236 g/mol. The molecule has 104 valence electrons. The highest BCUT2D eigenvalue weighted by atomic mass is 16.1. The number of hydrogen-bond donors (Lipinski definition) is 2. The molecule has 0 saturated heterocycles. The predicted octanol–water partition coefficient (Wildman–Crippen LogP) is 2.18. The third-order valence-corrected chi connectivity index (χ3v) is 3.35. The number of nitrogens with one attached hydrogen (secondary N) is 1. The fraction of sp³-hybridized carbons (Fsp3) is 0.562. The number of hydrogen-bond acceptors (Lipinski definition) is 2. The summed E-state index contributed by atoms with van der Waals surface area (Å²) >= 11 is 0. The van der Waals surface area contributed by atoms with Gasteiger partial charge in [0.15, 0.2) is 0 Å². The number of carbonyl (C=O) groups excluding carboxylic acids is 1. The molecule has 1 aliphatic carbocycles. The molecule has 1 fully saturated rings. The molecule has 0 unspecified atom stereocenters. The summed E-state index contributed by atoms with van der Waals surface area (Å²) in [5.41, 5.74) is 8.29. The van der Waals surface area contributed by atoms with Crippen molar-refractivity contribution in [3.05, 3.63) is 35.4 Å². The van der Waals surface area contributed by atoms with Gasteiger partial charge < -0.3 is 11.1 Å². The van der Waals surface area contributed by atoms with E-state index in [2.05, 4.69) is 17.4 Å². The van der Waals surface area contributed by atoms with Gasteiger partial charge >= 0.3 is 0 Å². The second-order valence-corrected chi connectivity index (χ2v) is 6.83. The van der Waals surface area contributed by atoms with Crippen molar-refractivity contribution in [2.24, 2.45) is 5.73 Å². The molecule has 0 spiro atoms. The van der Waals surface area contributed by atoms with E-state index in [1.54, 1.807) is 0 Å². The predicted molar refractivity (Wildman–Crippen MR) is 77.9 cm³/mol. The van der Waals surface area contributed by atoms with E-state index in [1.165, 1.54) is 5.56 Å². The fourth-order valence-electron chi connectivity index (χ4n) is 2.17. The highest BCUT2D eigenvalue weighted by Gasteiger charge is 2.37. The van der Waals surface area contributed by atoms with Gasteiger partial charge in [-0.1, -0.05) is 24.3 Å². The first kappa shape index (κ1) is 14.1. The number of benzene rings is 1. The number of amides is 1. The van der Waals surface area contributed by atoms with Crippen molar-refractivity contribution in [2.75, 3.05) is 0 Å². The summed E-state index contributed by atoms with van der Waals surface area (Å²) in [6.07, 6.45) is 3.64. The Morgan fingerprint density at radius 1 is 1.21 bits per heavy atom. The molecule has 3 N–H and O–H groups in total. The van der Waals surface area contributed by atoms with Gasteiger partial charge in [-0.15, -0.1) is 0 Å². The number of nitrogens with two attached hydrogens (primary N) is 1. The van der Waals surface area contributed by atoms with Crippen LogP contribution in [-0.4, -0.2) is 17.0 Å². The summed E-state index contributed by atoms with van der Waals surface area (Å²) < 4.78 is 0. The molecular formula is C16H24N2O. The minimum Gasteiger partial charge on any atom is -0.351 e. The molecule has 1 amide bonds. The smallest absolute Gasteiger partial charge is 0.224 e. The maximum Gasteiger partial charge on any atom is 0.224 e. The van der Waals surface area contributed by atoms with Crippen LogP contribution in [0, 0.1) is 0 Å². The van der Waals surface area contributed by atoms with Crippen LogP contribution in [0.3, 0.4) is 0 Å². The van der Waals surface area contributed by atoms with Gasteiger partial charge in [0, 0.05) is 11.1 Å². The summed E-state index contributed by atoms with van der Waals surface area (Å²) in [6, 6.07) is 8.24. The Balaban J connectivity index is 1.89. The number of rotatable bonds is 4. The summed E-state index contributed by atoms with van der Waals surface area (Å²) in [5.74, 6) is 0.0674. The lowest BCUT2D eigenvalue weighted by Gasteiger charge is -2.20. The van der Waals surface area contributed by atoms with Crippen molar-refractivity contribution >= 4 is 5.91 Å². The van der Waals surface area contributed by atoms with Gasteiger partial charge in [0.05, 0.1) is 6.42 Å². The Morgan fingerprint density at radius 2 is 1.74 bits per heavy atom. The molecule has 0 heterocycles. The van der Waals surface area contributed by atoms with Crippen molar-refractivity contribution in [1.82, 2.24) is 5.32 Å². The molecule has 3 nitrogen and oxygen atoms in total. The summed E-state index contributed by atoms with van der Waals surface area (Å²) in [4.78, 5) is 11.8. The van der Waals surface area contributed by atoms with Crippen LogP contribution in [0.2, 0.25) is 0 Å². The van der Waals surface area contributed by atoms with Crippen LogP contribution >= 0.6 is 0 Å². The Kier molecular flexibility index (Phi) is 3.68. The van der Waals surface area contributed by atoms with Crippen molar-refractivity contribution in [3.63, 3.8) is 0 Å². The van der Waals surface area contributed by atoms with Crippen LogP contribution in [0.5, 0.6) is 0 Å². The first-order chi connectivity index (χ1) is 8.76. The lowest BCUT2D eigenvalue weighted by molar-refractivity contribution is -0.121. The van der Waals surface area contributed by atoms with Gasteiger partial charge in [0.25, 0.3) is 0 Å². The Hall–Kier alpha value is -1.35.